The molecule has 19 heavy (non-hydrogen) atoms. The van der Waals surface area contributed by atoms with Crippen LogP contribution in [-0.4, -0.2) is 22.0 Å². The number of esters is 1. The first-order valence-electron chi connectivity index (χ1n) is 5.62. The van der Waals surface area contributed by atoms with Gasteiger partial charge in [-0.25, -0.2) is 9.78 Å². The number of rotatable bonds is 4. The Kier molecular flexibility index (Phi) is 3.80. The van der Waals surface area contributed by atoms with E-state index in [-0.39, 0.29) is 12.3 Å². The van der Waals surface area contributed by atoms with Crippen molar-refractivity contribution in [3.63, 3.8) is 0 Å². The molecule has 0 unspecified atom stereocenters. The molecular weight excluding hydrogens is 246 g/mol. The number of aromatic nitrogens is 2. The van der Waals surface area contributed by atoms with Gasteiger partial charge in [0.1, 0.15) is 11.3 Å². The van der Waals surface area contributed by atoms with Crippen LogP contribution in [0.15, 0.2) is 41.4 Å². The number of hydrogen-bond donors (Lipinski definition) is 0. The molecule has 0 aliphatic rings. The summed E-state index contributed by atoms with van der Waals surface area (Å²) in [6.07, 6.45) is 4.86. The van der Waals surface area contributed by atoms with Crippen molar-refractivity contribution in [3.05, 3.63) is 52.4 Å². The van der Waals surface area contributed by atoms with Gasteiger partial charge in [0.2, 0.25) is 0 Å². The largest absolute Gasteiger partial charge is 0.462 e. The molecule has 0 aromatic carbocycles. The van der Waals surface area contributed by atoms with E-state index in [0.29, 0.717) is 5.69 Å². The van der Waals surface area contributed by atoms with Crippen molar-refractivity contribution >= 4 is 17.7 Å². The van der Waals surface area contributed by atoms with Gasteiger partial charge in [0.15, 0.2) is 0 Å². The molecule has 2 aromatic rings. The van der Waals surface area contributed by atoms with Crippen LogP contribution in [0.2, 0.25) is 0 Å². The number of hydrogen-bond acceptors (Lipinski definition) is 4. The second-order valence-corrected chi connectivity index (χ2v) is 3.55. The van der Waals surface area contributed by atoms with Crippen LogP contribution < -0.4 is 0 Å². The molecule has 0 fully saturated rings. The molecule has 2 aromatic heterocycles. The summed E-state index contributed by atoms with van der Waals surface area (Å²) in [5.41, 5.74) is 9.81. The van der Waals surface area contributed by atoms with Gasteiger partial charge in [0, 0.05) is 23.0 Å². The van der Waals surface area contributed by atoms with Crippen molar-refractivity contribution < 1.29 is 9.53 Å². The topological polar surface area (TPSA) is 92.4 Å². The number of pyridine rings is 1. The zero-order chi connectivity index (χ0) is 13.7. The van der Waals surface area contributed by atoms with Gasteiger partial charge in [0.25, 0.3) is 0 Å². The van der Waals surface area contributed by atoms with Gasteiger partial charge in [-0.05, 0) is 30.7 Å². The van der Waals surface area contributed by atoms with E-state index in [2.05, 4.69) is 15.0 Å². The normalized spacial score (nSPS) is 11.1. The van der Waals surface area contributed by atoms with Crippen LogP contribution in [-0.2, 0) is 9.53 Å². The molecule has 0 amide bonds. The van der Waals surface area contributed by atoms with Crippen LogP contribution in [0.4, 0.5) is 0 Å². The molecule has 7 heteroatoms. The molecule has 96 valence electrons. The minimum atomic E-state index is -0.655. The van der Waals surface area contributed by atoms with Gasteiger partial charge in [-0.15, -0.1) is 0 Å². The number of imidazole rings is 1. The van der Waals surface area contributed by atoms with Gasteiger partial charge in [-0.3, -0.25) is 0 Å². The van der Waals surface area contributed by atoms with Crippen LogP contribution in [0.25, 0.3) is 22.2 Å². The summed E-state index contributed by atoms with van der Waals surface area (Å²) in [5.74, 6) is -0.655. The lowest BCUT2D eigenvalue weighted by atomic mass is 10.3. The molecule has 0 spiro atoms. The van der Waals surface area contributed by atoms with Crippen LogP contribution in [0, 0.1) is 0 Å². The van der Waals surface area contributed by atoms with Crippen molar-refractivity contribution in [1.29, 1.82) is 0 Å². The third-order valence-corrected chi connectivity index (χ3v) is 2.38. The second kappa shape index (κ2) is 5.70. The fourth-order valence-corrected chi connectivity index (χ4v) is 1.61. The van der Waals surface area contributed by atoms with Gasteiger partial charge in [0.05, 0.1) is 6.61 Å². The Balaban J connectivity index is 2.49. The van der Waals surface area contributed by atoms with E-state index < -0.39 is 5.97 Å². The SMILES string of the molecule is CCOC(=O)/C(=C/c1cccc2nccn12)N=[N+]=[N-]. The Bertz CT molecular complexity index is 682. The number of nitrogens with zero attached hydrogens (tertiary/aromatic N) is 5. The molecule has 0 saturated heterocycles. The minimum Gasteiger partial charge on any atom is -0.462 e. The Morgan fingerprint density at radius 1 is 1.63 bits per heavy atom. The number of azide groups is 1. The number of ether oxygens (including phenoxy) is 1. The summed E-state index contributed by atoms with van der Waals surface area (Å²) in [6.45, 7) is 1.90. The molecule has 0 aliphatic heterocycles. The van der Waals surface area contributed by atoms with Gasteiger partial charge in [-0.2, -0.15) is 0 Å². The standard InChI is InChI=1S/C12H11N5O2/c1-2-19-12(18)10(15-16-13)8-9-4-3-5-11-14-6-7-17(9)11/h3-8H,2H2,1H3/b10-8-. The highest BCUT2D eigenvalue weighted by atomic mass is 16.5. The molecule has 0 radical (unpaired) electrons. The zero-order valence-corrected chi connectivity index (χ0v) is 10.2. The van der Waals surface area contributed by atoms with Crippen LogP contribution >= 0.6 is 0 Å². The molecule has 0 bridgehead atoms. The first-order valence-corrected chi connectivity index (χ1v) is 5.62. The van der Waals surface area contributed by atoms with Gasteiger partial charge < -0.3 is 9.14 Å². The minimum absolute atomic E-state index is 0.0921. The fraction of sp³-hybridized carbons (Fsp3) is 0.167. The molecule has 7 nitrogen and oxygen atoms in total. The Labute approximate surface area is 108 Å². The average Bonchev–Trinajstić information content (AvgIpc) is 2.87. The fourth-order valence-electron chi connectivity index (χ4n) is 1.61. The molecule has 2 rings (SSSR count). The molecule has 0 saturated carbocycles. The predicted octanol–water partition coefficient (Wildman–Crippen LogP) is 2.55. The van der Waals surface area contributed by atoms with Crippen molar-refractivity contribution in [2.24, 2.45) is 5.11 Å². The Hall–Kier alpha value is -2.79. The lowest BCUT2D eigenvalue weighted by molar-refractivity contribution is -0.138. The Morgan fingerprint density at radius 2 is 2.47 bits per heavy atom. The lowest BCUT2D eigenvalue weighted by Gasteiger charge is -2.03. The van der Waals surface area contributed by atoms with Gasteiger partial charge >= 0.3 is 5.97 Å². The smallest absolute Gasteiger partial charge is 0.340 e. The maximum absolute atomic E-state index is 11.6. The van der Waals surface area contributed by atoms with E-state index in [9.17, 15) is 4.79 Å². The maximum atomic E-state index is 11.6. The summed E-state index contributed by atoms with van der Waals surface area (Å²) < 4.78 is 6.60. The van der Waals surface area contributed by atoms with E-state index in [0.717, 1.165) is 5.65 Å². The highest BCUT2D eigenvalue weighted by molar-refractivity contribution is 5.93. The van der Waals surface area contributed by atoms with Crippen LogP contribution in [0.1, 0.15) is 12.6 Å². The molecule has 0 atom stereocenters. The van der Waals surface area contributed by atoms with Crippen LogP contribution in [0.3, 0.4) is 0 Å². The first-order chi connectivity index (χ1) is 9.26. The van der Waals surface area contributed by atoms with E-state index in [4.69, 9.17) is 10.3 Å². The summed E-state index contributed by atoms with van der Waals surface area (Å²) >= 11 is 0. The predicted molar refractivity (Wildman–Crippen MR) is 68.9 cm³/mol. The lowest BCUT2D eigenvalue weighted by Crippen LogP contribution is -2.06. The monoisotopic (exact) mass is 257 g/mol. The van der Waals surface area contributed by atoms with Crippen LogP contribution in [0.5, 0.6) is 0 Å². The van der Waals surface area contributed by atoms with Gasteiger partial charge in [-0.1, -0.05) is 11.2 Å². The van der Waals surface area contributed by atoms with E-state index in [1.807, 2.05) is 6.07 Å². The maximum Gasteiger partial charge on any atom is 0.340 e. The Morgan fingerprint density at radius 3 is 3.21 bits per heavy atom. The van der Waals surface area contributed by atoms with Crippen molar-refractivity contribution in [1.82, 2.24) is 9.38 Å². The van der Waals surface area contributed by atoms with Crippen molar-refractivity contribution in [3.8, 4) is 0 Å². The highest BCUT2D eigenvalue weighted by Gasteiger charge is 2.09. The quantitative estimate of drug-likeness (QED) is 0.277. The first kappa shape index (κ1) is 12.7. The van der Waals surface area contributed by atoms with Crippen molar-refractivity contribution in [2.75, 3.05) is 6.61 Å². The van der Waals surface area contributed by atoms with E-state index in [1.54, 1.807) is 35.9 Å². The molecular formula is C12H11N5O2. The molecule has 2 heterocycles. The second-order valence-electron chi connectivity index (χ2n) is 3.55. The number of fused-ring (bicyclic) bond motifs is 1. The number of carbonyl (C=O) groups is 1. The third-order valence-electron chi connectivity index (χ3n) is 2.38. The summed E-state index contributed by atoms with van der Waals surface area (Å²) in [7, 11) is 0. The third kappa shape index (κ3) is 2.72. The van der Waals surface area contributed by atoms with Crippen molar-refractivity contribution in [2.45, 2.75) is 6.92 Å². The summed E-state index contributed by atoms with van der Waals surface area (Å²) in [6, 6.07) is 5.41. The zero-order valence-electron chi connectivity index (χ0n) is 10.2. The molecule has 0 aliphatic carbocycles. The van der Waals surface area contributed by atoms with E-state index in [1.165, 1.54) is 6.08 Å². The van der Waals surface area contributed by atoms with E-state index >= 15 is 0 Å². The number of carbonyl (C=O) groups excluding carboxylic acids is 1. The summed E-state index contributed by atoms with van der Waals surface area (Å²) in [5, 5.41) is 3.36. The average molecular weight is 257 g/mol. The molecule has 0 N–H and O–H groups in total. The summed E-state index contributed by atoms with van der Waals surface area (Å²) in [4.78, 5) is 18.4. The highest BCUT2D eigenvalue weighted by Crippen LogP contribution is 2.12.